The summed E-state index contributed by atoms with van der Waals surface area (Å²) < 4.78 is 0.933. The second-order valence-electron chi connectivity index (χ2n) is 3.35. The van der Waals surface area contributed by atoms with Crippen molar-refractivity contribution in [3.8, 4) is 6.07 Å². The highest BCUT2D eigenvalue weighted by molar-refractivity contribution is 9.11. The van der Waals surface area contributed by atoms with E-state index in [0.29, 0.717) is 5.56 Å². The van der Waals surface area contributed by atoms with E-state index in [-0.39, 0.29) is 6.04 Å². The monoisotopic (exact) mass is 264 g/mol. The zero-order valence-corrected chi connectivity index (χ0v) is 10.2. The van der Waals surface area contributed by atoms with Crippen LogP contribution in [-0.4, -0.2) is 6.54 Å². The highest BCUT2D eigenvalue weighted by Gasteiger charge is 2.04. The van der Waals surface area contributed by atoms with E-state index in [4.69, 9.17) is 5.26 Å². The third kappa shape index (κ3) is 3.86. The van der Waals surface area contributed by atoms with Crippen LogP contribution in [0.5, 0.6) is 0 Å². The highest BCUT2D eigenvalue weighted by Crippen LogP contribution is 2.13. The number of benzene rings is 1. The van der Waals surface area contributed by atoms with Gasteiger partial charge in [-0.2, -0.15) is 5.26 Å². The largest absolute Gasteiger partial charge is 0.306 e. The van der Waals surface area contributed by atoms with Crippen LogP contribution in [0.15, 0.2) is 35.3 Å². The molecule has 0 saturated carbocycles. The molecule has 1 rings (SSSR count). The van der Waals surface area contributed by atoms with E-state index >= 15 is 0 Å². The van der Waals surface area contributed by atoms with E-state index in [1.54, 1.807) is 0 Å². The molecule has 0 aliphatic carbocycles. The number of hydrogen-bond donors (Lipinski definition) is 1. The minimum absolute atomic E-state index is 0.257. The van der Waals surface area contributed by atoms with Crippen LogP contribution in [0, 0.1) is 11.3 Å². The van der Waals surface area contributed by atoms with Gasteiger partial charge in [-0.25, -0.2) is 0 Å². The minimum Gasteiger partial charge on any atom is -0.306 e. The quantitative estimate of drug-likeness (QED) is 0.907. The Morgan fingerprint density at radius 3 is 2.60 bits per heavy atom. The average molecular weight is 265 g/mol. The Morgan fingerprint density at radius 1 is 1.53 bits per heavy atom. The van der Waals surface area contributed by atoms with Crippen molar-refractivity contribution in [3.05, 3.63) is 46.5 Å². The van der Waals surface area contributed by atoms with Crippen molar-refractivity contribution in [1.82, 2.24) is 5.32 Å². The summed E-state index contributed by atoms with van der Waals surface area (Å²) in [6.07, 6.45) is 0. The summed E-state index contributed by atoms with van der Waals surface area (Å²) in [5.41, 5.74) is 1.86. The van der Waals surface area contributed by atoms with Gasteiger partial charge in [-0.15, -0.1) is 0 Å². The summed E-state index contributed by atoms with van der Waals surface area (Å²) in [5.74, 6) is 0. The molecule has 0 fully saturated rings. The first-order valence-corrected chi connectivity index (χ1v) is 5.49. The number of halogens is 1. The maximum atomic E-state index is 8.66. The number of nitriles is 1. The van der Waals surface area contributed by atoms with Crippen LogP contribution >= 0.6 is 15.9 Å². The molecule has 0 saturated heterocycles. The molecule has 0 radical (unpaired) electrons. The van der Waals surface area contributed by atoms with Gasteiger partial charge < -0.3 is 5.32 Å². The van der Waals surface area contributed by atoms with E-state index in [2.05, 4.69) is 40.8 Å². The van der Waals surface area contributed by atoms with Gasteiger partial charge in [0.1, 0.15) is 0 Å². The normalized spacial score (nSPS) is 11.8. The minimum atomic E-state index is 0.257. The van der Waals surface area contributed by atoms with Crippen molar-refractivity contribution < 1.29 is 0 Å². The summed E-state index contributed by atoms with van der Waals surface area (Å²) in [6.45, 7) is 6.58. The zero-order chi connectivity index (χ0) is 11.3. The van der Waals surface area contributed by atoms with Crippen molar-refractivity contribution >= 4 is 15.9 Å². The number of nitrogens with zero attached hydrogens (tertiary/aromatic N) is 1. The van der Waals surface area contributed by atoms with Gasteiger partial charge in [-0.1, -0.05) is 34.6 Å². The molecule has 0 aliphatic rings. The van der Waals surface area contributed by atoms with Gasteiger partial charge in [0.15, 0.2) is 0 Å². The van der Waals surface area contributed by atoms with Crippen LogP contribution in [-0.2, 0) is 0 Å². The smallest absolute Gasteiger partial charge is 0.0991 e. The molecule has 0 heterocycles. The lowest BCUT2D eigenvalue weighted by Gasteiger charge is -2.13. The predicted octanol–water partition coefficient (Wildman–Crippen LogP) is 3.12. The molecule has 0 aromatic heterocycles. The molecule has 0 aliphatic heterocycles. The van der Waals surface area contributed by atoms with Gasteiger partial charge >= 0.3 is 0 Å². The van der Waals surface area contributed by atoms with Crippen molar-refractivity contribution in [2.75, 3.05) is 6.54 Å². The molecule has 1 atom stereocenters. The Labute approximate surface area is 98.7 Å². The summed E-state index contributed by atoms with van der Waals surface area (Å²) in [4.78, 5) is 0. The lowest BCUT2D eigenvalue weighted by Crippen LogP contribution is -2.19. The molecule has 0 spiro atoms. The van der Waals surface area contributed by atoms with Gasteiger partial charge in [-0.3, -0.25) is 0 Å². The third-order valence-electron chi connectivity index (χ3n) is 2.14. The molecular formula is C12H13BrN2. The van der Waals surface area contributed by atoms with Gasteiger partial charge in [0.05, 0.1) is 11.6 Å². The zero-order valence-electron chi connectivity index (χ0n) is 8.63. The Morgan fingerprint density at radius 2 is 2.13 bits per heavy atom. The number of hydrogen-bond acceptors (Lipinski definition) is 2. The van der Waals surface area contributed by atoms with Crippen LogP contribution < -0.4 is 5.32 Å². The van der Waals surface area contributed by atoms with Crippen LogP contribution in [0.1, 0.15) is 24.1 Å². The maximum Gasteiger partial charge on any atom is 0.0991 e. The van der Waals surface area contributed by atoms with Gasteiger partial charge in [0.25, 0.3) is 0 Å². The second-order valence-corrected chi connectivity index (χ2v) is 4.48. The molecule has 2 nitrogen and oxygen atoms in total. The molecule has 1 aromatic rings. The topological polar surface area (TPSA) is 35.8 Å². The van der Waals surface area contributed by atoms with Crippen LogP contribution in [0.3, 0.4) is 0 Å². The van der Waals surface area contributed by atoms with E-state index in [9.17, 15) is 0 Å². The Hall–Kier alpha value is -1.11. The first kappa shape index (κ1) is 12.0. The van der Waals surface area contributed by atoms with Crippen LogP contribution in [0.25, 0.3) is 0 Å². The summed E-state index contributed by atoms with van der Waals surface area (Å²) in [6, 6.07) is 9.95. The van der Waals surface area contributed by atoms with Crippen molar-refractivity contribution in [2.24, 2.45) is 0 Å². The standard InChI is InChI=1S/C12H13BrN2/c1-9(13)8-15-10(2)12-5-3-11(7-14)4-6-12/h3-6,10,15H,1,8H2,2H3. The summed E-state index contributed by atoms with van der Waals surface area (Å²) in [5, 5.41) is 12.0. The highest BCUT2D eigenvalue weighted by atomic mass is 79.9. The lowest BCUT2D eigenvalue weighted by atomic mass is 10.1. The van der Waals surface area contributed by atoms with Crippen LogP contribution in [0.4, 0.5) is 0 Å². The first-order chi connectivity index (χ1) is 7.13. The average Bonchev–Trinajstić information content (AvgIpc) is 2.26. The maximum absolute atomic E-state index is 8.66. The van der Waals surface area contributed by atoms with Gasteiger partial charge in [0, 0.05) is 17.1 Å². The fourth-order valence-corrected chi connectivity index (χ4v) is 1.39. The molecular weight excluding hydrogens is 252 g/mol. The third-order valence-corrected chi connectivity index (χ3v) is 2.42. The van der Waals surface area contributed by atoms with Crippen molar-refractivity contribution in [1.29, 1.82) is 5.26 Å². The number of nitrogens with one attached hydrogen (secondary N) is 1. The lowest BCUT2D eigenvalue weighted by molar-refractivity contribution is 0.616. The van der Waals surface area contributed by atoms with E-state index in [0.717, 1.165) is 11.0 Å². The summed E-state index contributed by atoms with van der Waals surface area (Å²) >= 11 is 3.30. The number of rotatable bonds is 4. The SMILES string of the molecule is C=C(Br)CNC(C)c1ccc(C#N)cc1. The van der Waals surface area contributed by atoms with Crippen LogP contribution in [0.2, 0.25) is 0 Å². The molecule has 3 heteroatoms. The fourth-order valence-electron chi connectivity index (χ4n) is 1.23. The Bertz CT molecular complexity index is 376. The molecule has 1 unspecified atom stereocenters. The molecule has 0 bridgehead atoms. The van der Waals surface area contributed by atoms with Gasteiger partial charge in [0.2, 0.25) is 0 Å². The van der Waals surface area contributed by atoms with E-state index in [1.807, 2.05) is 24.3 Å². The molecule has 1 aromatic carbocycles. The molecule has 0 amide bonds. The Kier molecular flexibility index (Phi) is 4.54. The van der Waals surface area contributed by atoms with E-state index in [1.165, 1.54) is 5.56 Å². The van der Waals surface area contributed by atoms with Gasteiger partial charge in [-0.05, 0) is 24.6 Å². The molecule has 78 valence electrons. The first-order valence-electron chi connectivity index (χ1n) is 4.70. The molecule has 15 heavy (non-hydrogen) atoms. The van der Waals surface area contributed by atoms with Crippen molar-refractivity contribution in [2.45, 2.75) is 13.0 Å². The van der Waals surface area contributed by atoms with E-state index < -0.39 is 0 Å². The fraction of sp³-hybridized carbons (Fsp3) is 0.250. The van der Waals surface area contributed by atoms with Crippen molar-refractivity contribution in [3.63, 3.8) is 0 Å². The second kappa shape index (κ2) is 5.69. The Balaban J connectivity index is 2.62. The molecule has 1 N–H and O–H groups in total. The summed E-state index contributed by atoms with van der Waals surface area (Å²) in [7, 11) is 0. The predicted molar refractivity (Wildman–Crippen MR) is 65.6 cm³/mol.